The number of H-pyrrole nitrogens is 1. The molecular formula is C8H7NO2. The minimum absolute atomic E-state index is 0.459. The van der Waals surface area contributed by atoms with E-state index in [4.69, 9.17) is 5.26 Å². The third-order valence-corrected chi connectivity index (χ3v) is 1.65. The molecule has 56 valence electrons. The van der Waals surface area contributed by atoms with Crippen molar-refractivity contribution in [1.82, 2.24) is 4.98 Å². The van der Waals surface area contributed by atoms with E-state index in [0.717, 1.165) is 10.9 Å². The quantitative estimate of drug-likeness (QED) is 0.481. The van der Waals surface area contributed by atoms with Crippen LogP contribution in [-0.2, 0) is 0 Å². The molecule has 0 atom stereocenters. The number of nitrogens with one attached hydrogen (secondary N) is 1. The Morgan fingerprint density at radius 2 is 2.09 bits per heavy atom. The number of aromatic nitrogens is 1. The van der Waals surface area contributed by atoms with E-state index in [1.807, 2.05) is 24.3 Å². The van der Waals surface area contributed by atoms with Crippen LogP contribution in [0.4, 0.5) is 0 Å². The number of fused-ring (bicyclic) bond motifs is 1. The number of para-hydroxylation sites is 1. The van der Waals surface area contributed by atoms with Crippen LogP contribution in [-0.4, -0.2) is 10.2 Å². The smallest absolute Gasteiger partial charge is 0.190 e. The highest BCUT2D eigenvalue weighted by Crippen LogP contribution is 2.23. The maximum atomic E-state index is 8.40. The van der Waals surface area contributed by atoms with E-state index in [9.17, 15) is 0 Å². The van der Waals surface area contributed by atoms with Gasteiger partial charge in [0.1, 0.15) is 0 Å². The standard InChI is InChI=1S/C8H7NO2/c10-11-8-5-9-7-4-2-1-3-6(7)8/h1-5,9-10H. The molecule has 0 spiro atoms. The van der Waals surface area contributed by atoms with Crippen LogP contribution in [0.1, 0.15) is 0 Å². The predicted molar refractivity (Wildman–Crippen MR) is 41.6 cm³/mol. The minimum Gasteiger partial charge on any atom is -0.358 e. The summed E-state index contributed by atoms with van der Waals surface area (Å²) in [5.74, 6) is 0.459. The first-order chi connectivity index (χ1) is 5.42. The predicted octanol–water partition coefficient (Wildman–Crippen LogP) is 2.02. The van der Waals surface area contributed by atoms with E-state index in [-0.39, 0.29) is 0 Å². The highest BCUT2D eigenvalue weighted by Gasteiger charge is 2.01. The lowest BCUT2D eigenvalue weighted by Gasteiger charge is -1.90. The lowest BCUT2D eigenvalue weighted by atomic mass is 10.2. The molecule has 0 unspecified atom stereocenters. The summed E-state index contributed by atoms with van der Waals surface area (Å²) in [7, 11) is 0. The number of benzene rings is 1. The summed E-state index contributed by atoms with van der Waals surface area (Å²) in [5.41, 5.74) is 0.955. The molecule has 2 rings (SSSR count). The van der Waals surface area contributed by atoms with Crippen LogP contribution in [0.5, 0.6) is 5.75 Å². The van der Waals surface area contributed by atoms with Crippen LogP contribution in [0.3, 0.4) is 0 Å². The molecule has 0 radical (unpaired) electrons. The van der Waals surface area contributed by atoms with Gasteiger partial charge in [-0.15, -0.1) is 0 Å². The molecule has 0 aliphatic rings. The molecule has 0 aliphatic carbocycles. The molecule has 3 nitrogen and oxygen atoms in total. The van der Waals surface area contributed by atoms with Crippen LogP contribution in [0, 0.1) is 0 Å². The summed E-state index contributed by atoms with van der Waals surface area (Å²) in [6.07, 6.45) is 1.62. The maximum absolute atomic E-state index is 8.40. The van der Waals surface area contributed by atoms with Gasteiger partial charge in [-0.25, -0.2) is 5.26 Å². The Bertz CT molecular complexity index is 367. The van der Waals surface area contributed by atoms with Crippen molar-refractivity contribution in [2.75, 3.05) is 0 Å². The van der Waals surface area contributed by atoms with E-state index in [1.165, 1.54) is 0 Å². The first-order valence-corrected chi connectivity index (χ1v) is 3.29. The first-order valence-electron chi connectivity index (χ1n) is 3.29. The molecule has 2 N–H and O–H groups in total. The van der Waals surface area contributed by atoms with E-state index < -0.39 is 0 Å². The van der Waals surface area contributed by atoms with Gasteiger partial charge in [-0.05, 0) is 12.1 Å². The first kappa shape index (κ1) is 6.24. The average Bonchev–Trinajstić information content (AvgIpc) is 2.47. The van der Waals surface area contributed by atoms with Crippen molar-refractivity contribution in [3.05, 3.63) is 30.5 Å². The zero-order valence-electron chi connectivity index (χ0n) is 5.74. The molecule has 3 heteroatoms. The summed E-state index contributed by atoms with van der Waals surface area (Å²) < 4.78 is 0. The molecule has 0 bridgehead atoms. The summed E-state index contributed by atoms with van der Waals surface area (Å²) in [4.78, 5) is 7.09. The van der Waals surface area contributed by atoms with E-state index in [1.54, 1.807) is 6.20 Å². The molecule has 0 amide bonds. The molecule has 11 heavy (non-hydrogen) atoms. The molecule has 1 aromatic heterocycles. The van der Waals surface area contributed by atoms with Crippen molar-refractivity contribution in [1.29, 1.82) is 0 Å². The molecule has 0 fully saturated rings. The van der Waals surface area contributed by atoms with Gasteiger partial charge in [-0.1, -0.05) is 12.1 Å². The van der Waals surface area contributed by atoms with Crippen LogP contribution in [0.15, 0.2) is 30.5 Å². The number of hydrogen-bond acceptors (Lipinski definition) is 2. The van der Waals surface area contributed by atoms with Gasteiger partial charge in [0.2, 0.25) is 0 Å². The largest absolute Gasteiger partial charge is 0.358 e. The zero-order valence-corrected chi connectivity index (χ0v) is 5.74. The van der Waals surface area contributed by atoms with Crippen molar-refractivity contribution in [3.63, 3.8) is 0 Å². The van der Waals surface area contributed by atoms with Crippen molar-refractivity contribution in [3.8, 4) is 5.75 Å². The highest BCUT2D eigenvalue weighted by atomic mass is 17.1. The van der Waals surface area contributed by atoms with E-state index in [2.05, 4.69) is 9.87 Å². The lowest BCUT2D eigenvalue weighted by molar-refractivity contribution is -0.136. The van der Waals surface area contributed by atoms with Crippen LogP contribution in [0.2, 0.25) is 0 Å². The number of aromatic amines is 1. The monoisotopic (exact) mass is 149 g/mol. The van der Waals surface area contributed by atoms with E-state index >= 15 is 0 Å². The summed E-state index contributed by atoms with van der Waals surface area (Å²) in [6.45, 7) is 0. The Kier molecular flexibility index (Phi) is 1.30. The van der Waals surface area contributed by atoms with Crippen molar-refractivity contribution in [2.24, 2.45) is 0 Å². The summed E-state index contributed by atoms with van der Waals surface area (Å²) >= 11 is 0. The molecule has 0 aliphatic heterocycles. The second-order valence-corrected chi connectivity index (χ2v) is 2.29. The second kappa shape index (κ2) is 2.29. The third-order valence-electron chi connectivity index (χ3n) is 1.65. The molecule has 1 heterocycles. The number of rotatable bonds is 1. The topological polar surface area (TPSA) is 45.2 Å². The van der Waals surface area contributed by atoms with Crippen LogP contribution < -0.4 is 4.89 Å². The average molecular weight is 149 g/mol. The van der Waals surface area contributed by atoms with Gasteiger partial charge in [0, 0.05) is 17.1 Å². The van der Waals surface area contributed by atoms with Crippen molar-refractivity contribution < 1.29 is 10.1 Å². The van der Waals surface area contributed by atoms with E-state index in [0.29, 0.717) is 5.75 Å². The SMILES string of the molecule is OOc1c[nH]c2ccccc12. The van der Waals surface area contributed by atoms with Gasteiger partial charge in [0.25, 0.3) is 0 Å². The fourth-order valence-electron chi connectivity index (χ4n) is 1.12. The van der Waals surface area contributed by atoms with Gasteiger partial charge in [-0.2, -0.15) is 0 Å². The Morgan fingerprint density at radius 1 is 1.27 bits per heavy atom. The van der Waals surface area contributed by atoms with Gasteiger partial charge < -0.3 is 9.87 Å². The lowest BCUT2D eigenvalue weighted by Crippen LogP contribution is -1.79. The van der Waals surface area contributed by atoms with Crippen molar-refractivity contribution in [2.45, 2.75) is 0 Å². The Hall–Kier alpha value is -1.48. The van der Waals surface area contributed by atoms with Crippen molar-refractivity contribution >= 4 is 10.9 Å². The molecule has 0 saturated carbocycles. The maximum Gasteiger partial charge on any atom is 0.190 e. The normalized spacial score (nSPS) is 10.3. The zero-order chi connectivity index (χ0) is 7.68. The molecule has 1 aromatic carbocycles. The summed E-state index contributed by atoms with van der Waals surface area (Å²) in [6, 6.07) is 7.59. The van der Waals surface area contributed by atoms with Crippen LogP contribution >= 0.6 is 0 Å². The molecule has 2 aromatic rings. The Morgan fingerprint density at radius 3 is 2.91 bits per heavy atom. The Labute approximate surface area is 63.2 Å². The molecular weight excluding hydrogens is 142 g/mol. The highest BCUT2D eigenvalue weighted by molar-refractivity contribution is 5.85. The van der Waals surface area contributed by atoms with Crippen LogP contribution in [0.25, 0.3) is 10.9 Å². The molecule has 0 saturated heterocycles. The number of hydrogen-bond donors (Lipinski definition) is 2. The third kappa shape index (κ3) is 0.860. The minimum atomic E-state index is 0.459. The Balaban J connectivity index is 2.76. The summed E-state index contributed by atoms with van der Waals surface area (Å²) in [5, 5.41) is 9.29. The van der Waals surface area contributed by atoms with Gasteiger partial charge in [0.05, 0.1) is 0 Å². The van der Waals surface area contributed by atoms with Gasteiger partial charge in [-0.3, -0.25) is 0 Å². The van der Waals surface area contributed by atoms with Gasteiger partial charge >= 0.3 is 0 Å². The fourth-order valence-corrected chi connectivity index (χ4v) is 1.12. The van der Waals surface area contributed by atoms with Gasteiger partial charge in [0.15, 0.2) is 5.75 Å². The fraction of sp³-hybridized carbons (Fsp3) is 0. The second-order valence-electron chi connectivity index (χ2n) is 2.29.